The van der Waals surface area contributed by atoms with Gasteiger partial charge in [-0.05, 0) is 177 Å². The Kier molecular flexibility index (Phi) is 20.8. The van der Waals surface area contributed by atoms with E-state index in [1.165, 1.54) is 12.2 Å². The van der Waals surface area contributed by atoms with Crippen LogP contribution in [0.2, 0.25) is 5.02 Å². The average Bonchev–Trinajstić information content (AvgIpc) is 1.61. The van der Waals surface area contributed by atoms with Gasteiger partial charge in [0.15, 0.2) is 0 Å². The van der Waals surface area contributed by atoms with Crippen molar-refractivity contribution >= 4 is 68.5 Å². The van der Waals surface area contributed by atoms with Gasteiger partial charge in [0, 0.05) is 63.9 Å². The number of hydrogen-bond acceptors (Lipinski definition) is 12. The number of imidazole rings is 3. The number of para-hydroxylation sites is 3. The van der Waals surface area contributed by atoms with Gasteiger partial charge in [-0.3, -0.25) is 56.7 Å². The molecular formula is C83H73ClN12O9. The van der Waals surface area contributed by atoms with Gasteiger partial charge in [0.05, 0.1) is 91.9 Å². The van der Waals surface area contributed by atoms with E-state index < -0.39 is 0 Å². The summed E-state index contributed by atoms with van der Waals surface area (Å²) in [4.78, 5) is 96.5. The minimum Gasteiger partial charge on any atom is -0.457 e. The van der Waals surface area contributed by atoms with Crippen LogP contribution < -0.4 is 31.3 Å². The number of fused-ring (bicyclic) bond motifs is 3. The Morgan fingerprint density at radius 2 is 0.895 bits per heavy atom. The molecule has 13 aromatic rings. The summed E-state index contributed by atoms with van der Waals surface area (Å²) in [5.41, 5.74) is 6.99. The van der Waals surface area contributed by atoms with E-state index in [2.05, 4.69) is 28.1 Å². The zero-order valence-electron chi connectivity index (χ0n) is 57.2. The fourth-order valence-corrected chi connectivity index (χ4v) is 14.1. The highest BCUT2D eigenvalue weighted by Gasteiger charge is 2.33. The molecule has 16 rings (SSSR count). The third-order valence-corrected chi connectivity index (χ3v) is 19.2. The molecule has 3 aliphatic heterocycles. The van der Waals surface area contributed by atoms with Crippen molar-refractivity contribution in [3.05, 3.63) is 317 Å². The second-order valence-electron chi connectivity index (χ2n) is 25.4. The molecule has 0 bridgehead atoms. The van der Waals surface area contributed by atoms with Crippen LogP contribution in [0.1, 0.15) is 49.8 Å². The van der Waals surface area contributed by atoms with E-state index in [9.17, 15) is 28.8 Å². The molecule has 3 saturated heterocycles. The molecule has 3 aliphatic rings. The Morgan fingerprint density at radius 1 is 0.448 bits per heavy atom. The summed E-state index contributed by atoms with van der Waals surface area (Å²) in [5, 5.41) is 0.385. The second kappa shape index (κ2) is 31.6. The molecule has 0 aliphatic carbocycles. The average molecular weight is 1420 g/mol. The van der Waals surface area contributed by atoms with E-state index in [1.807, 2.05) is 194 Å². The Morgan fingerprint density at radius 3 is 1.43 bits per heavy atom. The maximum Gasteiger partial charge on any atom is 0.334 e. The third kappa shape index (κ3) is 15.1. The number of benzene rings is 7. The summed E-state index contributed by atoms with van der Waals surface area (Å²) in [5.74, 6) is 3.77. The number of aromatic nitrogens is 9. The molecule has 0 radical (unpaired) electrons. The minimum atomic E-state index is -0.204. The summed E-state index contributed by atoms with van der Waals surface area (Å²) in [6.45, 7) is 10.5. The zero-order chi connectivity index (χ0) is 72.3. The highest BCUT2D eigenvalue weighted by Crippen LogP contribution is 2.35. The molecule has 105 heavy (non-hydrogen) atoms. The monoisotopic (exact) mass is 1420 g/mol. The van der Waals surface area contributed by atoms with Gasteiger partial charge in [0.1, 0.15) is 34.5 Å². The van der Waals surface area contributed by atoms with E-state index in [-0.39, 0.29) is 52.9 Å². The number of pyridine rings is 3. The molecule has 3 amide bonds. The number of likely N-dealkylation sites (tertiary alicyclic amines) is 3. The lowest BCUT2D eigenvalue weighted by molar-refractivity contribution is -0.128. The Balaban J connectivity index is 0.000000133. The first-order chi connectivity index (χ1) is 51.4. The normalized spacial score (nSPS) is 15.6. The van der Waals surface area contributed by atoms with Crippen molar-refractivity contribution in [2.24, 2.45) is 0 Å². The number of carbonyl (C=O) groups excluding carboxylic acids is 3. The molecule has 1 unspecified atom stereocenters. The van der Waals surface area contributed by atoms with Crippen LogP contribution in [0.3, 0.4) is 0 Å². The summed E-state index contributed by atoms with van der Waals surface area (Å²) in [7, 11) is 0. The molecule has 0 N–H and O–H groups in total. The predicted octanol–water partition coefficient (Wildman–Crippen LogP) is 14.6. The topological polar surface area (TPSA) is 208 Å². The first-order valence-corrected chi connectivity index (χ1v) is 35.0. The summed E-state index contributed by atoms with van der Waals surface area (Å²) in [6.07, 6.45) is 20.3. The number of rotatable bonds is 17. The number of piperidine rings is 1. The van der Waals surface area contributed by atoms with Crippen molar-refractivity contribution < 1.29 is 28.6 Å². The van der Waals surface area contributed by atoms with Crippen LogP contribution >= 0.6 is 11.6 Å². The molecule has 21 nitrogen and oxygen atoms in total. The van der Waals surface area contributed by atoms with Crippen molar-refractivity contribution in [3.8, 4) is 51.6 Å². The van der Waals surface area contributed by atoms with Gasteiger partial charge < -0.3 is 28.9 Å². The maximum absolute atomic E-state index is 13.9. The van der Waals surface area contributed by atoms with E-state index >= 15 is 0 Å². The van der Waals surface area contributed by atoms with Gasteiger partial charge in [-0.1, -0.05) is 110 Å². The van der Waals surface area contributed by atoms with Crippen LogP contribution in [-0.4, -0.2) is 114 Å². The molecule has 6 aromatic heterocycles. The van der Waals surface area contributed by atoms with Gasteiger partial charge >= 0.3 is 17.1 Å². The van der Waals surface area contributed by atoms with E-state index in [0.717, 1.165) is 81.7 Å². The highest BCUT2D eigenvalue weighted by molar-refractivity contribution is 6.32. The molecule has 526 valence electrons. The molecule has 0 saturated carbocycles. The Labute approximate surface area is 608 Å². The van der Waals surface area contributed by atoms with E-state index in [4.69, 9.17) is 25.8 Å². The lowest BCUT2D eigenvalue weighted by Crippen LogP contribution is -2.42. The number of nitrogens with zero attached hydrogens (tertiary/aromatic N) is 12. The molecule has 7 aromatic carbocycles. The summed E-state index contributed by atoms with van der Waals surface area (Å²) >= 11 is 6.58. The number of amides is 3. The number of ether oxygens (including phenoxy) is 3. The number of halogens is 1. The van der Waals surface area contributed by atoms with Gasteiger partial charge in [-0.2, -0.15) is 0 Å². The van der Waals surface area contributed by atoms with Crippen LogP contribution in [-0.2, 0) is 20.9 Å². The lowest BCUT2D eigenvalue weighted by atomic mass is 10.1. The summed E-state index contributed by atoms with van der Waals surface area (Å²) in [6, 6.07) is 63.5. The third-order valence-electron chi connectivity index (χ3n) is 18.9. The first-order valence-electron chi connectivity index (χ1n) is 34.6. The minimum absolute atomic E-state index is 0.0398. The Hall–Kier alpha value is -12.9. The van der Waals surface area contributed by atoms with Gasteiger partial charge in [0.2, 0.25) is 17.7 Å². The van der Waals surface area contributed by atoms with Crippen molar-refractivity contribution in [1.29, 1.82) is 0 Å². The SMILES string of the molecule is C=CC(=O)N1CCCC1Cn1c(=O)n(-c2ccc(Oc3ccccc3)cc2)c2cnccc21.C=CC(=O)N1CCC[C@@H](n2c(=O)n(-c3ccc(Oc4ccccc4)cc3)c3cnccc32)C1.O=C(/C=C/c1ccccc1)N1CC[C@@H](n2c(=O)n(-c3ccc(Oc4ccccc4)c(Cl)c3)c3cnccc32)C1. The van der Waals surface area contributed by atoms with Crippen molar-refractivity contribution in [2.45, 2.75) is 56.8 Å². The summed E-state index contributed by atoms with van der Waals surface area (Å²) < 4.78 is 27.9. The van der Waals surface area contributed by atoms with Crippen LogP contribution in [0.4, 0.5) is 0 Å². The fraction of sp³-hybridized carbons (Fsp3) is 0.169. The van der Waals surface area contributed by atoms with E-state index in [0.29, 0.717) is 84.9 Å². The molecular weight excluding hydrogens is 1340 g/mol. The molecule has 3 atom stereocenters. The van der Waals surface area contributed by atoms with Gasteiger partial charge in [0.25, 0.3) is 0 Å². The maximum atomic E-state index is 13.9. The largest absolute Gasteiger partial charge is 0.457 e. The van der Waals surface area contributed by atoms with Crippen LogP contribution in [0.15, 0.2) is 289 Å². The predicted molar refractivity (Wildman–Crippen MR) is 406 cm³/mol. The number of carbonyl (C=O) groups is 3. The second-order valence-corrected chi connectivity index (χ2v) is 25.8. The number of hydrogen-bond donors (Lipinski definition) is 0. The first kappa shape index (κ1) is 69.2. The molecule has 3 fully saturated rings. The van der Waals surface area contributed by atoms with Gasteiger partial charge in [-0.25, -0.2) is 14.4 Å². The highest BCUT2D eigenvalue weighted by atomic mass is 35.5. The zero-order valence-corrected chi connectivity index (χ0v) is 58.0. The van der Waals surface area contributed by atoms with E-state index in [1.54, 1.807) is 104 Å². The quantitative estimate of drug-likeness (QED) is 0.0780. The van der Waals surface area contributed by atoms with Crippen LogP contribution in [0, 0.1) is 0 Å². The lowest BCUT2D eigenvalue weighted by Gasteiger charge is -2.32. The van der Waals surface area contributed by atoms with Crippen molar-refractivity contribution in [3.63, 3.8) is 0 Å². The van der Waals surface area contributed by atoms with Gasteiger partial charge in [-0.15, -0.1) is 0 Å². The fourth-order valence-electron chi connectivity index (χ4n) is 13.9. The smallest absolute Gasteiger partial charge is 0.334 e. The molecule has 22 heteroatoms. The Bertz CT molecular complexity index is 5520. The molecule has 9 heterocycles. The van der Waals surface area contributed by atoms with Crippen molar-refractivity contribution in [1.82, 2.24) is 57.1 Å². The standard InChI is InChI=1S/C31H25ClN4O3.2C26H24N4O3/c32-26-19-23(12-13-29(26)39-25-9-5-2-6-10-25)35-28-20-33-17-15-27(28)36(31(35)38)24-16-18-34(21-24)30(37)14-11-22-7-3-1-4-8-22;1-2-25(31)28-16-6-7-20(28)18-29-23-14-15-27-17-24(23)30(26(29)32)19-10-12-22(13-11-19)33-21-8-4-3-5-9-21;1-2-25(31)28-16-6-7-20(18-28)30-23-14-15-27-17-24(23)29(26(30)32)19-10-12-22(13-11-19)33-21-8-4-3-5-9-21/h1-15,17,19-20,24H,16,18,21H2;2*2-5,8-15,17,20H,1,6-7,16,18H2/b14-11+;;/t24-;;20-/m1.1/s1. The van der Waals surface area contributed by atoms with Crippen LogP contribution in [0.5, 0.6) is 34.5 Å². The van der Waals surface area contributed by atoms with Crippen molar-refractivity contribution in [2.75, 3.05) is 32.7 Å². The van der Waals surface area contributed by atoms with Crippen LogP contribution in [0.25, 0.3) is 56.2 Å². The molecule has 0 spiro atoms.